The average molecular weight is 1420 g/mol. The number of aliphatic hydroxyl groups is 1. The van der Waals surface area contributed by atoms with Gasteiger partial charge in [-0.3, -0.25) is 62.5 Å². The Morgan fingerprint density at radius 2 is 1.23 bits per heavy atom. The number of fused-ring (bicyclic) bond motifs is 1. The molecule has 10 atom stereocenters. The van der Waals surface area contributed by atoms with Gasteiger partial charge in [-0.1, -0.05) is 112 Å². The van der Waals surface area contributed by atoms with Gasteiger partial charge in [0.15, 0.2) is 5.78 Å². The van der Waals surface area contributed by atoms with Gasteiger partial charge in [0.05, 0.1) is 19.1 Å². The Morgan fingerprint density at radius 1 is 0.624 bits per heavy atom. The van der Waals surface area contributed by atoms with Crippen LogP contribution in [0.3, 0.4) is 0 Å². The summed E-state index contributed by atoms with van der Waals surface area (Å²) >= 11 is 6.24. The van der Waals surface area contributed by atoms with Gasteiger partial charge in [0, 0.05) is 69.2 Å². The Kier molecular flexibility index (Phi) is 31.1. The summed E-state index contributed by atoms with van der Waals surface area (Å²) < 4.78 is 0. The lowest BCUT2D eigenvalue weighted by Crippen LogP contribution is -2.61. The molecule has 1 aromatic heterocycles. The van der Waals surface area contributed by atoms with Crippen LogP contribution in [-0.4, -0.2) is 183 Å². The van der Waals surface area contributed by atoms with E-state index in [1.165, 1.54) is 62.5 Å². The van der Waals surface area contributed by atoms with Gasteiger partial charge < -0.3 is 74.0 Å². The van der Waals surface area contributed by atoms with Crippen molar-refractivity contribution in [3.8, 4) is 5.75 Å². The van der Waals surface area contributed by atoms with Crippen molar-refractivity contribution in [3.05, 3.63) is 143 Å². The molecule has 28 heteroatoms. The van der Waals surface area contributed by atoms with Crippen molar-refractivity contribution in [3.63, 3.8) is 0 Å². The van der Waals surface area contributed by atoms with Gasteiger partial charge in [0.1, 0.15) is 54.1 Å². The lowest BCUT2D eigenvalue weighted by molar-refractivity contribution is -0.144. The number of likely N-dealkylation sites (tertiary alicyclic amines) is 1. The lowest BCUT2D eigenvalue weighted by Gasteiger charge is -2.32. The van der Waals surface area contributed by atoms with Crippen LogP contribution in [0.25, 0.3) is 10.8 Å². The molecule has 0 aliphatic carbocycles. The summed E-state index contributed by atoms with van der Waals surface area (Å²) in [6, 6.07) is 16.5. The number of carbonyl (C=O) groups excluding carboxylic acids is 12. The highest BCUT2D eigenvalue weighted by Gasteiger charge is 2.41. The van der Waals surface area contributed by atoms with E-state index in [0.717, 1.165) is 21.2 Å². The van der Waals surface area contributed by atoms with E-state index in [4.69, 9.17) is 23.1 Å². The molecule has 1 fully saturated rings. The molecule has 6 rings (SSSR count). The molecule has 4 aromatic carbocycles. The first-order valence-corrected chi connectivity index (χ1v) is 34.4. The SMILES string of the molecule is CC(=O)N[C@H](Cc1ccc2ccccc2c1)C(=O)N[C@H](Cc1ccc(Cl)cc1)C(=O)C[C@H](Cc1cccnc1)C(=O)N[C@@H](CO)C(=O)N(C)[C@@H](Cc1ccc(O)cc1)C(=O)N[C@H](CC(N)=O)C(=O)N[C@@H](CC(C)C)C(=O)N[C@@H](CCCCNC(C)C)C(=O)N1CCC[C@H]1C(=O)N[C@H](C)C(N)=O. The minimum Gasteiger partial charge on any atom is -0.508 e. The smallest absolute Gasteiger partial charge is 0.247 e. The highest BCUT2D eigenvalue weighted by atomic mass is 35.5. The fourth-order valence-corrected chi connectivity index (χ4v) is 12.1. The Balaban J connectivity index is 1.25. The lowest BCUT2D eigenvalue weighted by atomic mass is 9.89. The highest BCUT2D eigenvalue weighted by Crippen LogP contribution is 2.24. The number of aliphatic hydroxyl groups excluding tert-OH is 1. The number of unbranched alkanes of at least 4 members (excludes halogenated alkanes) is 1. The van der Waals surface area contributed by atoms with Crippen LogP contribution in [0.4, 0.5) is 0 Å². The van der Waals surface area contributed by atoms with Crippen LogP contribution in [0, 0.1) is 11.8 Å². The Hall–Kier alpha value is -9.86. The first-order chi connectivity index (χ1) is 48.0. The zero-order valence-corrected chi connectivity index (χ0v) is 58.9. The van der Waals surface area contributed by atoms with Gasteiger partial charge in [0.25, 0.3) is 0 Å². The molecule has 14 N–H and O–H groups in total. The first kappa shape index (κ1) is 80.1. The van der Waals surface area contributed by atoms with Crippen molar-refractivity contribution in [1.29, 1.82) is 0 Å². The van der Waals surface area contributed by atoms with Crippen molar-refractivity contribution in [2.45, 2.75) is 179 Å². The van der Waals surface area contributed by atoms with Crippen LogP contribution in [0.2, 0.25) is 5.02 Å². The maximum Gasteiger partial charge on any atom is 0.247 e. The van der Waals surface area contributed by atoms with E-state index in [-0.39, 0.29) is 69.2 Å². The molecule has 544 valence electrons. The number of rotatable bonds is 39. The first-order valence-electron chi connectivity index (χ1n) is 34.0. The van der Waals surface area contributed by atoms with Gasteiger partial charge >= 0.3 is 0 Å². The number of nitrogens with one attached hydrogen (secondary N) is 8. The quantitative estimate of drug-likeness (QED) is 0.0251. The summed E-state index contributed by atoms with van der Waals surface area (Å²) in [5.41, 5.74) is 13.3. The summed E-state index contributed by atoms with van der Waals surface area (Å²) in [5.74, 6) is -11.4. The maximum absolute atomic E-state index is 14.9. The zero-order valence-electron chi connectivity index (χ0n) is 58.2. The summed E-state index contributed by atoms with van der Waals surface area (Å²) in [4.78, 5) is 175. The number of likely N-dealkylation sites (N-methyl/N-ethyl adjacent to an activating group) is 1. The fourth-order valence-electron chi connectivity index (χ4n) is 11.9. The number of hydrogen-bond donors (Lipinski definition) is 12. The summed E-state index contributed by atoms with van der Waals surface area (Å²) in [5, 5.41) is 45.4. The van der Waals surface area contributed by atoms with E-state index < -0.39 is 151 Å². The van der Waals surface area contributed by atoms with E-state index in [1.807, 2.05) is 56.3 Å². The summed E-state index contributed by atoms with van der Waals surface area (Å²) in [7, 11) is 1.19. The summed E-state index contributed by atoms with van der Waals surface area (Å²) in [6.45, 7) is 9.89. The highest BCUT2D eigenvalue weighted by molar-refractivity contribution is 6.30. The minimum atomic E-state index is -1.81. The number of halogens is 1. The van der Waals surface area contributed by atoms with E-state index in [1.54, 1.807) is 50.2 Å². The third-order valence-corrected chi connectivity index (χ3v) is 17.7. The number of primary amides is 2. The number of ketones is 1. The number of phenolic OH excluding ortho intramolecular Hbond substituents is 1. The number of amides is 11. The number of carbonyl (C=O) groups is 12. The van der Waals surface area contributed by atoms with E-state index in [9.17, 15) is 67.7 Å². The number of aromatic hydroxyl groups is 1. The van der Waals surface area contributed by atoms with Crippen molar-refractivity contribution < 1.29 is 67.7 Å². The largest absolute Gasteiger partial charge is 0.508 e. The summed E-state index contributed by atoms with van der Waals surface area (Å²) in [6.07, 6.45) is 2.96. The average Bonchev–Trinajstić information content (AvgIpc) is 1.71. The monoisotopic (exact) mass is 1410 g/mol. The number of phenols is 1. The fraction of sp³-hybridized carbons (Fsp3) is 0.466. The second-order valence-electron chi connectivity index (χ2n) is 26.5. The van der Waals surface area contributed by atoms with Crippen LogP contribution in [-0.2, 0) is 83.2 Å². The normalized spacial score (nSPS) is 15.5. The van der Waals surface area contributed by atoms with Gasteiger partial charge in [0.2, 0.25) is 65.0 Å². The number of nitrogens with two attached hydrogens (primary N) is 2. The Bertz CT molecular complexity index is 3690. The van der Waals surface area contributed by atoms with E-state index in [2.05, 4.69) is 47.5 Å². The van der Waals surface area contributed by atoms with Crippen molar-refractivity contribution in [1.82, 2.24) is 57.3 Å². The van der Waals surface area contributed by atoms with Crippen molar-refractivity contribution in [2.24, 2.45) is 23.3 Å². The Morgan fingerprint density at radius 3 is 1.86 bits per heavy atom. The molecule has 101 heavy (non-hydrogen) atoms. The maximum atomic E-state index is 14.9. The number of aromatic nitrogens is 1. The number of nitrogens with zero attached hydrogens (tertiary/aromatic N) is 3. The molecule has 1 aliphatic rings. The molecular formula is C73H96ClN13O14. The molecule has 2 heterocycles. The van der Waals surface area contributed by atoms with Crippen LogP contribution < -0.4 is 54.0 Å². The number of pyridine rings is 1. The predicted octanol–water partition coefficient (Wildman–Crippen LogP) is 2.26. The van der Waals surface area contributed by atoms with Crippen LogP contribution in [0.15, 0.2) is 116 Å². The molecule has 11 amide bonds. The molecule has 0 radical (unpaired) electrons. The molecule has 27 nitrogen and oxygen atoms in total. The molecule has 5 aromatic rings. The second-order valence-corrected chi connectivity index (χ2v) is 26.9. The van der Waals surface area contributed by atoms with Crippen LogP contribution in [0.1, 0.15) is 115 Å². The minimum absolute atomic E-state index is 0.0196. The molecule has 0 spiro atoms. The predicted molar refractivity (Wildman–Crippen MR) is 378 cm³/mol. The third-order valence-electron chi connectivity index (χ3n) is 17.4. The second kappa shape index (κ2) is 39.2. The zero-order chi connectivity index (χ0) is 74.0. The van der Waals surface area contributed by atoms with Gasteiger partial charge in [-0.05, 0) is 134 Å². The van der Waals surface area contributed by atoms with Crippen LogP contribution in [0.5, 0.6) is 5.75 Å². The molecule has 1 saturated heterocycles. The standard InChI is InChI=1S/C73H96ClN13O14/c1-42(2)32-57(67(95)81-55(17-10-11-30-78-43(3)4)73(101)87-31-13-18-61(87)70(98)79-44(5)65(76)93)83-69(97)59(39-64(75)92)84-71(99)62(37-47-22-27-54(90)28-23-47)86(7)72(100)60(41-88)85-66(94)52(34-49-14-12-29-77-40-49)38-63(91)56(35-46-20-25-53(74)26-21-46)82-68(96)58(80-45(6)89)36-48-19-24-50-15-8-9-16-51(50)33-48/h8-9,12,14-16,19-29,33,40,42-44,52,55-62,78,88,90H,10-11,13,17-18,30-32,34-39,41H2,1-7H3,(H2,75,92)(H2,76,93)(H,79,98)(H,80,89)(H,81,95)(H,82,96)(H,83,97)(H,84,99)(H,85,94)/t44-,52+,55+,56-,57+,58-,59-,60+,61+,62+/m1/s1. The van der Waals surface area contributed by atoms with E-state index in [0.29, 0.717) is 47.5 Å². The third kappa shape index (κ3) is 25.4. The van der Waals surface area contributed by atoms with Gasteiger partial charge in [-0.25, -0.2) is 0 Å². The molecular weight excluding hydrogens is 1320 g/mol. The number of Topliss-reactive ketones (excluding diaryl/α,β-unsaturated/α-hetero) is 1. The molecule has 0 saturated carbocycles. The number of hydrogen-bond acceptors (Lipinski definition) is 16. The molecule has 0 unspecified atom stereocenters. The topological polar surface area (TPSA) is 413 Å². The Labute approximate surface area is 593 Å². The number of benzene rings is 4. The van der Waals surface area contributed by atoms with Gasteiger partial charge in [-0.15, -0.1) is 0 Å². The molecule has 0 bridgehead atoms. The van der Waals surface area contributed by atoms with E-state index >= 15 is 0 Å². The van der Waals surface area contributed by atoms with Crippen LogP contribution >= 0.6 is 11.6 Å². The van der Waals surface area contributed by atoms with Crippen molar-refractivity contribution in [2.75, 3.05) is 26.7 Å². The molecule has 1 aliphatic heterocycles. The van der Waals surface area contributed by atoms with Crippen molar-refractivity contribution >= 4 is 93.1 Å². The van der Waals surface area contributed by atoms with Gasteiger partial charge in [-0.2, -0.15) is 0 Å².